The van der Waals surface area contributed by atoms with Crippen LogP contribution in [0.5, 0.6) is 5.75 Å². The molecule has 6 nitrogen and oxygen atoms in total. The van der Waals surface area contributed by atoms with Crippen molar-refractivity contribution in [2.45, 2.75) is 25.7 Å². The number of imidazole rings is 1. The molecule has 0 unspecified atom stereocenters. The molecule has 8 heteroatoms. The van der Waals surface area contributed by atoms with Gasteiger partial charge in [-0.2, -0.15) is 8.78 Å². The van der Waals surface area contributed by atoms with Gasteiger partial charge < -0.3 is 14.8 Å². The molecule has 1 aliphatic heterocycles. The molecule has 0 saturated carbocycles. The first-order valence-corrected chi connectivity index (χ1v) is 7.99. The Balaban J connectivity index is 1.84. The average Bonchev–Trinajstić information content (AvgIpc) is 3.07. The van der Waals surface area contributed by atoms with E-state index in [-0.39, 0.29) is 23.5 Å². The van der Waals surface area contributed by atoms with Gasteiger partial charge in [-0.05, 0) is 24.6 Å². The second-order valence-electron chi connectivity index (χ2n) is 6.10. The minimum absolute atomic E-state index is 0.101. The number of amides is 1. The van der Waals surface area contributed by atoms with Gasteiger partial charge in [0.1, 0.15) is 0 Å². The fourth-order valence-electron chi connectivity index (χ4n) is 3.11. The quantitative estimate of drug-likeness (QED) is 0.753. The van der Waals surface area contributed by atoms with Crippen molar-refractivity contribution in [1.29, 1.82) is 0 Å². The number of aromatic amines is 1. The van der Waals surface area contributed by atoms with Crippen LogP contribution in [0.4, 0.5) is 14.5 Å². The highest BCUT2D eigenvalue weighted by Crippen LogP contribution is 2.44. The number of halogens is 2. The van der Waals surface area contributed by atoms with E-state index < -0.39 is 18.1 Å². The van der Waals surface area contributed by atoms with E-state index in [0.717, 1.165) is 10.4 Å². The number of hydrogen-bond acceptors (Lipinski definition) is 4. The van der Waals surface area contributed by atoms with Gasteiger partial charge in [0.25, 0.3) is 0 Å². The van der Waals surface area contributed by atoms with Gasteiger partial charge >= 0.3 is 12.0 Å². The number of hydrogen-bond donors (Lipinski definition) is 2. The van der Waals surface area contributed by atoms with Crippen molar-refractivity contribution in [3.63, 3.8) is 0 Å². The third kappa shape index (κ3) is 2.50. The molecule has 1 aliphatic rings. The summed E-state index contributed by atoms with van der Waals surface area (Å²) in [5.74, 6) is -1.65. The van der Waals surface area contributed by atoms with E-state index in [1.165, 1.54) is 25.4 Å². The Morgan fingerprint density at radius 2 is 2.08 bits per heavy atom. The molecule has 0 radical (unpaired) electrons. The molecular formula is C18H15F2N3O3. The number of carbonyl (C=O) groups is 1. The summed E-state index contributed by atoms with van der Waals surface area (Å²) < 4.78 is 33.1. The number of para-hydroxylation sites is 2. The van der Waals surface area contributed by atoms with Crippen molar-refractivity contribution >= 4 is 22.6 Å². The van der Waals surface area contributed by atoms with Crippen LogP contribution in [-0.4, -0.2) is 27.1 Å². The van der Waals surface area contributed by atoms with Gasteiger partial charge in [-0.3, -0.25) is 9.69 Å². The number of nitrogens with one attached hydrogen (secondary N) is 1. The lowest BCUT2D eigenvalue weighted by Crippen LogP contribution is -2.50. The highest BCUT2D eigenvalue weighted by molar-refractivity contribution is 6.01. The van der Waals surface area contributed by atoms with E-state index in [9.17, 15) is 18.7 Å². The Kier molecular flexibility index (Phi) is 3.66. The number of rotatable bonds is 3. The van der Waals surface area contributed by atoms with Crippen LogP contribution in [0.15, 0.2) is 42.7 Å². The highest BCUT2D eigenvalue weighted by Gasteiger charge is 2.51. The van der Waals surface area contributed by atoms with Crippen LogP contribution >= 0.6 is 0 Å². The largest absolute Gasteiger partial charge is 0.483 e. The number of H-pyrrole nitrogens is 1. The highest BCUT2D eigenvalue weighted by atomic mass is 19.3. The molecule has 26 heavy (non-hydrogen) atoms. The first-order valence-electron chi connectivity index (χ1n) is 7.99. The smallest absolute Gasteiger partial charge is 0.423 e. The zero-order valence-electron chi connectivity index (χ0n) is 13.7. The zero-order valence-corrected chi connectivity index (χ0v) is 13.7. The van der Waals surface area contributed by atoms with E-state index >= 15 is 0 Å². The molecule has 1 amide bonds. The number of alkyl halides is 2. The number of aliphatic hydroxyl groups excluding tert-OH is 1. The molecule has 2 aromatic carbocycles. The van der Waals surface area contributed by atoms with Crippen LogP contribution in [0.1, 0.15) is 24.2 Å². The Labute approximate surface area is 147 Å². The Bertz CT molecular complexity index is 1000. The van der Waals surface area contributed by atoms with Gasteiger partial charge in [0, 0.05) is 5.56 Å². The molecule has 4 rings (SSSR count). The summed E-state index contributed by atoms with van der Waals surface area (Å²) >= 11 is 0. The predicted molar refractivity (Wildman–Crippen MR) is 89.9 cm³/mol. The van der Waals surface area contributed by atoms with Crippen molar-refractivity contribution in [3.05, 3.63) is 53.9 Å². The molecule has 0 bridgehead atoms. The number of ether oxygens (including phenoxy) is 1. The van der Waals surface area contributed by atoms with Crippen LogP contribution in [0.25, 0.3) is 11.0 Å². The molecule has 1 atom stereocenters. The number of fused-ring (bicyclic) bond motifs is 2. The van der Waals surface area contributed by atoms with Crippen molar-refractivity contribution in [2.75, 3.05) is 4.90 Å². The Hall–Kier alpha value is -3.00. The molecule has 2 N–H and O–H groups in total. The number of nitrogens with zero attached hydrogens (tertiary/aromatic N) is 2. The number of aromatic nitrogens is 2. The maximum absolute atomic E-state index is 14.2. The van der Waals surface area contributed by atoms with Crippen LogP contribution in [-0.2, 0) is 11.3 Å². The molecule has 2 heterocycles. The topological polar surface area (TPSA) is 78.5 Å². The second-order valence-corrected chi connectivity index (χ2v) is 6.10. The lowest BCUT2D eigenvalue weighted by molar-refractivity contribution is -0.193. The minimum atomic E-state index is -4.02. The third-order valence-corrected chi connectivity index (χ3v) is 4.35. The number of benzene rings is 2. The molecular weight excluding hydrogens is 344 g/mol. The van der Waals surface area contributed by atoms with Crippen molar-refractivity contribution in [2.24, 2.45) is 0 Å². The summed E-state index contributed by atoms with van der Waals surface area (Å²) in [6.07, 6.45) is -3.54. The SMILES string of the molecule is C[C@H](O)c1cccc2c1OC(F)(F)C(=O)N2Cc1cccc2[nH]cnc12. The van der Waals surface area contributed by atoms with E-state index in [1.54, 1.807) is 24.3 Å². The molecule has 134 valence electrons. The number of anilines is 1. The van der Waals surface area contributed by atoms with Gasteiger partial charge in [-0.25, -0.2) is 4.98 Å². The van der Waals surface area contributed by atoms with Gasteiger partial charge in [-0.15, -0.1) is 0 Å². The summed E-state index contributed by atoms with van der Waals surface area (Å²) in [5, 5.41) is 9.86. The van der Waals surface area contributed by atoms with E-state index in [0.29, 0.717) is 11.1 Å². The summed E-state index contributed by atoms with van der Waals surface area (Å²) in [5.41, 5.74) is 2.34. The molecule has 0 saturated heterocycles. The van der Waals surface area contributed by atoms with Gasteiger partial charge in [-0.1, -0.05) is 24.3 Å². The fraction of sp³-hybridized carbons (Fsp3) is 0.222. The maximum atomic E-state index is 14.2. The lowest BCUT2D eigenvalue weighted by Gasteiger charge is -2.35. The lowest BCUT2D eigenvalue weighted by atomic mass is 10.0. The second kappa shape index (κ2) is 5.77. The van der Waals surface area contributed by atoms with Crippen molar-refractivity contribution < 1.29 is 23.4 Å². The van der Waals surface area contributed by atoms with Crippen LogP contribution < -0.4 is 9.64 Å². The first-order chi connectivity index (χ1) is 12.4. The van der Waals surface area contributed by atoms with E-state index in [1.807, 2.05) is 0 Å². The summed E-state index contributed by atoms with van der Waals surface area (Å²) in [4.78, 5) is 20.4. The normalized spacial score (nSPS) is 17.1. The maximum Gasteiger partial charge on any atom is 0.483 e. The predicted octanol–water partition coefficient (Wildman–Crippen LogP) is 3.13. The molecule has 1 aromatic heterocycles. The zero-order chi connectivity index (χ0) is 18.5. The van der Waals surface area contributed by atoms with Crippen molar-refractivity contribution in [1.82, 2.24) is 9.97 Å². The molecule has 0 aliphatic carbocycles. The summed E-state index contributed by atoms with van der Waals surface area (Å²) in [7, 11) is 0. The van der Waals surface area contributed by atoms with Crippen molar-refractivity contribution in [3.8, 4) is 5.75 Å². The van der Waals surface area contributed by atoms with Crippen LogP contribution in [0.3, 0.4) is 0 Å². The standard InChI is InChI=1S/C18H15F2N3O3/c1-10(24)12-5-3-7-14-16(12)26-18(19,20)17(25)23(14)8-11-4-2-6-13-15(11)22-9-21-13/h2-7,9-10,24H,8H2,1H3,(H,21,22)/t10-/m0/s1. The Morgan fingerprint density at radius 3 is 2.85 bits per heavy atom. The molecule has 0 fully saturated rings. The van der Waals surface area contributed by atoms with Gasteiger partial charge in [0.05, 0.1) is 35.7 Å². The van der Waals surface area contributed by atoms with Gasteiger partial charge in [0.15, 0.2) is 5.75 Å². The minimum Gasteiger partial charge on any atom is -0.423 e. The Morgan fingerprint density at radius 1 is 1.31 bits per heavy atom. The van der Waals surface area contributed by atoms with Crippen LogP contribution in [0, 0.1) is 0 Å². The monoisotopic (exact) mass is 359 g/mol. The molecule has 0 spiro atoms. The van der Waals surface area contributed by atoms with Gasteiger partial charge in [0.2, 0.25) is 0 Å². The molecule has 3 aromatic rings. The third-order valence-electron chi connectivity index (χ3n) is 4.35. The fourth-order valence-corrected chi connectivity index (χ4v) is 3.11. The van der Waals surface area contributed by atoms with E-state index in [2.05, 4.69) is 14.7 Å². The average molecular weight is 359 g/mol. The summed E-state index contributed by atoms with van der Waals surface area (Å²) in [6.45, 7) is 1.35. The summed E-state index contributed by atoms with van der Waals surface area (Å²) in [6, 6.07) is 9.87. The first kappa shape index (κ1) is 16.5. The number of carbonyl (C=O) groups excluding carboxylic acids is 1. The number of aliphatic hydroxyl groups is 1. The van der Waals surface area contributed by atoms with E-state index in [4.69, 9.17) is 0 Å². The van der Waals surface area contributed by atoms with Crippen LogP contribution in [0.2, 0.25) is 0 Å².